The molecule has 174 valence electrons. The Hall–Kier alpha value is -3.32. The highest BCUT2D eigenvalue weighted by Gasteiger charge is 2.25. The minimum atomic E-state index is -0.510. The minimum Gasteiger partial charge on any atom is -0.494 e. The summed E-state index contributed by atoms with van der Waals surface area (Å²) in [5.41, 5.74) is 3.11. The number of aryl methyl sites for hydroxylation is 1. The molecule has 1 amide bonds. The van der Waals surface area contributed by atoms with Gasteiger partial charge >= 0.3 is 5.97 Å². The largest absolute Gasteiger partial charge is 0.494 e. The lowest BCUT2D eigenvalue weighted by Crippen LogP contribution is -2.21. The molecule has 0 aliphatic heterocycles. The van der Waals surface area contributed by atoms with Crippen LogP contribution in [0.3, 0.4) is 0 Å². The first kappa shape index (κ1) is 24.3. The van der Waals surface area contributed by atoms with E-state index >= 15 is 0 Å². The van der Waals surface area contributed by atoms with Gasteiger partial charge in [0.2, 0.25) is 0 Å². The van der Waals surface area contributed by atoms with Gasteiger partial charge in [-0.25, -0.2) is 4.79 Å². The summed E-state index contributed by atoms with van der Waals surface area (Å²) < 4.78 is 16.1. The minimum absolute atomic E-state index is 0.170. The van der Waals surface area contributed by atoms with Crippen LogP contribution in [0.2, 0.25) is 0 Å². The predicted octanol–water partition coefficient (Wildman–Crippen LogP) is 6.05. The third-order valence-corrected chi connectivity index (χ3v) is 6.12. The summed E-state index contributed by atoms with van der Waals surface area (Å²) >= 11 is 1.33. The molecule has 0 radical (unpaired) electrons. The molecule has 2 aromatic carbocycles. The fourth-order valence-corrected chi connectivity index (χ4v) is 4.50. The van der Waals surface area contributed by atoms with Crippen molar-refractivity contribution in [3.05, 3.63) is 64.5 Å². The second-order valence-electron chi connectivity index (χ2n) is 7.75. The average molecular weight is 468 g/mol. The molecule has 1 heterocycles. The Labute approximate surface area is 198 Å². The van der Waals surface area contributed by atoms with Crippen LogP contribution in [0.5, 0.6) is 11.5 Å². The van der Waals surface area contributed by atoms with E-state index < -0.39 is 5.97 Å². The third-order valence-electron chi connectivity index (χ3n) is 5.10. The molecule has 0 atom stereocenters. The summed E-state index contributed by atoms with van der Waals surface area (Å²) in [4.78, 5) is 26.1. The SMILES string of the molecule is CCOc1ccc(-c2c(C)sc(NC(=O)COc3ccc(C(C)C)cc3)c2C(=O)OC)cc1. The lowest BCUT2D eigenvalue weighted by molar-refractivity contribution is -0.118. The Kier molecular flexibility index (Phi) is 8.11. The highest BCUT2D eigenvalue weighted by molar-refractivity contribution is 7.17. The number of hydrogen-bond acceptors (Lipinski definition) is 6. The molecule has 0 saturated carbocycles. The van der Waals surface area contributed by atoms with Gasteiger partial charge in [0.25, 0.3) is 5.91 Å². The van der Waals surface area contributed by atoms with E-state index in [9.17, 15) is 9.59 Å². The molecule has 33 heavy (non-hydrogen) atoms. The zero-order valence-electron chi connectivity index (χ0n) is 19.6. The highest BCUT2D eigenvalue weighted by atomic mass is 32.1. The van der Waals surface area contributed by atoms with Gasteiger partial charge in [-0.05, 0) is 55.2 Å². The molecule has 1 N–H and O–H groups in total. The van der Waals surface area contributed by atoms with E-state index in [0.29, 0.717) is 28.8 Å². The number of thiophene rings is 1. The summed E-state index contributed by atoms with van der Waals surface area (Å²) in [5, 5.41) is 3.25. The number of carbonyl (C=O) groups excluding carboxylic acids is 2. The Balaban J connectivity index is 1.78. The second kappa shape index (κ2) is 11.0. The molecule has 0 bridgehead atoms. The van der Waals surface area contributed by atoms with Crippen molar-refractivity contribution in [2.75, 3.05) is 25.6 Å². The summed E-state index contributed by atoms with van der Waals surface area (Å²) in [6, 6.07) is 15.2. The standard InChI is InChI=1S/C26H29NO5S/c1-6-31-20-13-9-19(10-14-20)23-17(4)33-25(24(23)26(29)30-5)27-22(28)15-32-21-11-7-18(8-12-21)16(2)3/h7-14,16H,6,15H2,1-5H3,(H,27,28). The molecule has 0 aliphatic carbocycles. The maximum atomic E-state index is 12.6. The number of ether oxygens (including phenoxy) is 3. The molecule has 1 aromatic heterocycles. The summed E-state index contributed by atoms with van der Waals surface area (Å²) in [5.74, 6) is 0.920. The van der Waals surface area contributed by atoms with Crippen LogP contribution in [-0.4, -0.2) is 32.2 Å². The van der Waals surface area contributed by atoms with Gasteiger partial charge in [0, 0.05) is 10.4 Å². The maximum Gasteiger partial charge on any atom is 0.341 e. The molecule has 6 nitrogen and oxygen atoms in total. The average Bonchev–Trinajstić information content (AvgIpc) is 3.13. The van der Waals surface area contributed by atoms with Crippen molar-refractivity contribution in [2.45, 2.75) is 33.6 Å². The maximum absolute atomic E-state index is 12.6. The van der Waals surface area contributed by atoms with Gasteiger partial charge in [0.1, 0.15) is 22.1 Å². The van der Waals surface area contributed by atoms with Crippen molar-refractivity contribution in [1.82, 2.24) is 0 Å². The number of methoxy groups -OCH3 is 1. The molecule has 7 heteroatoms. The highest BCUT2D eigenvalue weighted by Crippen LogP contribution is 2.40. The van der Waals surface area contributed by atoms with Crippen molar-refractivity contribution in [1.29, 1.82) is 0 Å². The number of amides is 1. The Morgan fingerprint density at radius 3 is 2.15 bits per heavy atom. The summed E-state index contributed by atoms with van der Waals surface area (Å²) in [6.45, 7) is 8.47. The lowest BCUT2D eigenvalue weighted by Gasteiger charge is -2.10. The van der Waals surface area contributed by atoms with Crippen LogP contribution in [0, 0.1) is 6.92 Å². The quantitative estimate of drug-likeness (QED) is 0.388. The van der Waals surface area contributed by atoms with Crippen LogP contribution >= 0.6 is 11.3 Å². The number of benzene rings is 2. The van der Waals surface area contributed by atoms with E-state index in [1.54, 1.807) is 0 Å². The zero-order valence-corrected chi connectivity index (χ0v) is 20.4. The molecule has 3 aromatic rings. The number of carbonyl (C=O) groups is 2. The van der Waals surface area contributed by atoms with E-state index in [1.807, 2.05) is 62.4 Å². The van der Waals surface area contributed by atoms with E-state index in [0.717, 1.165) is 21.8 Å². The molecular formula is C26H29NO5S. The monoisotopic (exact) mass is 467 g/mol. The zero-order chi connectivity index (χ0) is 24.0. The molecule has 3 rings (SSSR count). The second-order valence-corrected chi connectivity index (χ2v) is 8.97. The van der Waals surface area contributed by atoms with Gasteiger partial charge < -0.3 is 19.5 Å². The van der Waals surface area contributed by atoms with E-state index in [1.165, 1.54) is 24.0 Å². The van der Waals surface area contributed by atoms with Crippen molar-refractivity contribution < 1.29 is 23.8 Å². The van der Waals surface area contributed by atoms with E-state index in [4.69, 9.17) is 14.2 Å². The van der Waals surface area contributed by atoms with Gasteiger partial charge in [-0.2, -0.15) is 0 Å². The van der Waals surface area contributed by atoms with Crippen LogP contribution < -0.4 is 14.8 Å². The molecule has 0 spiro atoms. The number of nitrogens with one attached hydrogen (secondary N) is 1. The molecule has 0 aliphatic rings. The van der Waals surface area contributed by atoms with Crippen molar-refractivity contribution in [3.8, 4) is 22.6 Å². The Morgan fingerprint density at radius 2 is 1.58 bits per heavy atom. The summed E-state index contributed by atoms with van der Waals surface area (Å²) in [7, 11) is 1.33. The predicted molar refractivity (Wildman–Crippen MR) is 132 cm³/mol. The van der Waals surface area contributed by atoms with Gasteiger partial charge in [0.05, 0.1) is 13.7 Å². The van der Waals surface area contributed by atoms with Crippen molar-refractivity contribution in [2.24, 2.45) is 0 Å². The fourth-order valence-electron chi connectivity index (χ4n) is 3.42. The van der Waals surface area contributed by atoms with Gasteiger partial charge in [0.15, 0.2) is 6.61 Å². The van der Waals surface area contributed by atoms with E-state index in [-0.39, 0.29) is 12.5 Å². The lowest BCUT2D eigenvalue weighted by atomic mass is 10.0. The van der Waals surface area contributed by atoms with Gasteiger partial charge in [-0.1, -0.05) is 38.1 Å². The summed E-state index contributed by atoms with van der Waals surface area (Å²) in [6.07, 6.45) is 0. The normalized spacial score (nSPS) is 10.7. The molecule has 0 saturated heterocycles. The number of anilines is 1. The topological polar surface area (TPSA) is 73.9 Å². The molecule has 0 unspecified atom stereocenters. The first-order valence-corrected chi connectivity index (χ1v) is 11.6. The number of hydrogen-bond donors (Lipinski definition) is 1. The third kappa shape index (κ3) is 5.93. The van der Waals surface area contributed by atoms with Crippen LogP contribution in [-0.2, 0) is 9.53 Å². The van der Waals surface area contributed by atoms with Gasteiger partial charge in [-0.3, -0.25) is 4.79 Å². The number of rotatable bonds is 9. The first-order valence-electron chi connectivity index (χ1n) is 10.8. The molecule has 0 fully saturated rings. The first-order chi connectivity index (χ1) is 15.8. The van der Waals surface area contributed by atoms with Gasteiger partial charge in [-0.15, -0.1) is 11.3 Å². The Bertz CT molecular complexity index is 1100. The van der Waals surface area contributed by atoms with Crippen molar-refractivity contribution in [3.63, 3.8) is 0 Å². The smallest absolute Gasteiger partial charge is 0.341 e. The molecular weight excluding hydrogens is 438 g/mol. The van der Waals surface area contributed by atoms with E-state index in [2.05, 4.69) is 19.2 Å². The van der Waals surface area contributed by atoms with Crippen molar-refractivity contribution >= 4 is 28.2 Å². The Morgan fingerprint density at radius 1 is 0.970 bits per heavy atom. The van der Waals surface area contributed by atoms with Crippen LogP contribution in [0.1, 0.15) is 47.5 Å². The fraction of sp³-hybridized carbons (Fsp3) is 0.308. The van der Waals surface area contributed by atoms with Crippen LogP contribution in [0.15, 0.2) is 48.5 Å². The number of esters is 1. The van der Waals surface area contributed by atoms with Crippen LogP contribution in [0.25, 0.3) is 11.1 Å². The van der Waals surface area contributed by atoms with Crippen LogP contribution in [0.4, 0.5) is 5.00 Å².